The van der Waals surface area contributed by atoms with Gasteiger partial charge in [0, 0.05) is 10.0 Å². The van der Waals surface area contributed by atoms with Crippen LogP contribution in [-0.2, 0) is 15.7 Å². The van der Waals surface area contributed by atoms with Crippen molar-refractivity contribution in [3.63, 3.8) is 0 Å². The van der Waals surface area contributed by atoms with Crippen molar-refractivity contribution < 1.29 is 27.5 Å². The highest BCUT2D eigenvalue weighted by Gasteiger charge is 2.43. The smallest absolute Gasteiger partial charge is 0.417 e. The van der Waals surface area contributed by atoms with Crippen molar-refractivity contribution in [2.75, 3.05) is 6.61 Å². The van der Waals surface area contributed by atoms with Gasteiger partial charge in [-0.2, -0.15) is 13.2 Å². The van der Waals surface area contributed by atoms with Crippen LogP contribution >= 0.6 is 15.9 Å². The van der Waals surface area contributed by atoms with E-state index in [1.54, 1.807) is 6.92 Å². The third-order valence-corrected chi connectivity index (χ3v) is 3.38. The Morgan fingerprint density at radius 3 is 2.29 bits per heavy atom. The maximum atomic E-state index is 13.0. The molecule has 0 aliphatic heterocycles. The van der Waals surface area contributed by atoms with Gasteiger partial charge in [0.05, 0.1) is 12.2 Å². The number of hydrogen-bond acceptors (Lipinski definition) is 3. The van der Waals surface area contributed by atoms with Crippen molar-refractivity contribution in [1.29, 1.82) is 0 Å². The van der Waals surface area contributed by atoms with Crippen LogP contribution in [0.3, 0.4) is 0 Å². The van der Waals surface area contributed by atoms with Crippen LogP contribution in [0.2, 0.25) is 0 Å². The van der Waals surface area contributed by atoms with Gasteiger partial charge in [0.1, 0.15) is 5.41 Å². The van der Waals surface area contributed by atoms with E-state index in [1.807, 2.05) is 0 Å². The number of hydrogen-bond donors (Lipinski definition) is 0. The second kappa shape index (κ2) is 6.17. The zero-order valence-electron chi connectivity index (χ0n) is 11.7. The maximum Gasteiger partial charge on any atom is 0.417 e. The van der Waals surface area contributed by atoms with Crippen molar-refractivity contribution in [3.05, 3.63) is 33.8 Å². The minimum atomic E-state index is -4.69. The van der Waals surface area contributed by atoms with Crippen LogP contribution < -0.4 is 0 Å². The van der Waals surface area contributed by atoms with Gasteiger partial charge in [-0.05, 0) is 39.0 Å². The first-order valence-corrected chi connectivity index (χ1v) is 6.90. The summed E-state index contributed by atoms with van der Waals surface area (Å²) in [5.74, 6) is -1.79. The van der Waals surface area contributed by atoms with E-state index in [2.05, 4.69) is 15.9 Å². The average molecular weight is 367 g/mol. The molecule has 0 saturated heterocycles. The van der Waals surface area contributed by atoms with Crippen molar-refractivity contribution >= 4 is 27.7 Å². The van der Waals surface area contributed by atoms with Gasteiger partial charge in [-0.3, -0.25) is 9.59 Å². The molecule has 0 atom stereocenters. The number of Topliss-reactive ketones (excluding diaryl/α,β-unsaturated/α-hetero) is 1. The molecule has 1 aromatic carbocycles. The van der Waals surface area contributed by atoms with Crippen LogP contribution in [0.1, 0.15) is 36.7 Å². The summed E-state index contributed by atoms with van der Waals surface area (Å²) in [6.07, 6.45) is -4.69. The molecule has 0 amide bonds. The molecule has 0 spiro atoms. The number of carbonyl (C=O) groups is 2. The summed E-state index contributed by atoms with van der Waals surface area (Å²) in [6.45, 7) is 4.09. The normalized spacial score (nSPS) is 12.1. The summed E-state index contributed by atoms with van der Waals surface area (Å²) in [6, 6.07) is 3.19. The van der Waals surface area contributed by atoms with Crippen LogP contribution in [-0.4, -0.2) is 18.4 Å². The van der Waals surface area contributed by atoms with E-state index in [4.69, 9.17) is 4.74 Å². The van der Waals surface area contributed by atoms with E-state index in [0.29, 0.717) is 0 Å². The van der Waals surface area contributed by atoms with Crippen LogP contribution in [0.15, 0.2) is 22.7 Å². The number of rotatable bonds is 4. The fourth-order valence-corrected chi connectivity index (χ4v) is 2.05. The van der Waals surface area contributed by atoms with Gasteiger partial charge in [-0.25, -0.2) is 0 Å². The van der Waals surface area contributed by atoms with E-state index in [-0.39, 0.29) is 11.1 Å². The number of benzene rings is 1. The highest BCUT2D eigenvalue weighted by molar-refractivity contribution is 9.10. The Labute approximate surface area is 128 Å². The summed E-state index contributed by atoms with van der Waals surface area (Å²) >= 11 is 2.94. The zero-order valence-corrected chi connectivity index (χ0v) is 13.3. The molecule has 3 nitrogen and oxygen atoms in total. The number of ketones is 1. The largest absolute Gasteiger partial charge is 0.465 e. The Morgan fingerprint density at radius 1 is 1.24 bits per heavy atom. The molecule has 0 bridgehead atoms. The molecule has 116 valence electrons. The molecule has 0 fully saturated rings. The summed E-state index contributed by atoms with van der Waals surface area (Å²) in [7, 11) is 0. The molecule has 1 aromatic rings. The van der Waals surface area contributed by atoms with Gasteiger partial charge in [0.25, 0.3) is 0 Å². The highest BCUT2D eigenvalue weighted by atomic mass is 79.9. The van der Waals surface area contributed by atoms with Crippen LogP contribution in [0.4, 0.5) is 13.2 Å². The predicted molar refractivity (Wildman–Crippen MR) is 73.9 cm³/mol. The quantitative estimate of drug-likeness (QED) is 0.454. The van der Waals surface area contributed by atoms with Crippen LogP contribution in [0.25, 0.3) is 0 Å². The van der Waals surface area contributed by atoms with E-state index < -0.39 is 34.5 Å². The average Bonchev–Trinajstić information content (AvgIpc) is 2.37. The van der Waals surface area contributed by atoms with Gasteiger partial charge in [0.15, 0.2) is 5.78 Å². The summed E-state index contributed by atoms with van der Waals surface area (Å²) < 4.78 is 44.1. The highest BCUT2D eigenvalue weighted by Crippen LogP contribution is 2.36. The molecule has 0 N–H and O–H groups in total. The number of carbonyl (C=O) groups excluding carboxylic acids is 2. The standard InChI is InChI=1S/C14H14BrF3O3/c1-4-21-12(20)13(2,3)11(19)9-6-5-8(15)7-10(9)14(16,17)18/h5-7H,4H2,1-3H3. The van der Waals surface area contributed by atoms with Crippen molar-refractivity contribution in [2.24, 2.45) is 5.41 Å². The molecule has 1 rings (SSSR count). The lowest BCUT2D eigenvalue weighted by Crippen LogP contribution is -2.36. The van der Waals surface area contributed by atoms with Crippen molar-refractivity contribution in [1.82, 2.24) is 0 Å². The van der Waals surface area contributed by atoms with E-state index >= 15 is 0 Å². The lowest BCUT2D eigenvalue weighted by molar-refractivity contribution is -0.150. The lowest BCUT2D eigenvalue weighted by atomic mass is 9.82. The van der Waals surface area contributed by atoms with Gasteiger partial charge < -0.3 is 4.74 Å². The second-order valence-electron chi connectivity index (χ2n) is 4.86. The number of esters is 1. The molecule has 0 aromatic heterocycles. The van der Waals surface area contributed by atoms with E-state index in [9.17, 15) is 22.8 Å². The first-order valence-electron chi connectivity index (χ1n) is 6.10. The second-order valence-corrected chi connectivity index (χ2v) is 5.78. The molecule has 0 radical (unpaired) electrons. The molecular formula is C14H14BrF3O3. The van der Waals surface area contributed by atoms with Gasteiger partial charge in [-0.15, -0.1) is 0 Å². The maximum absolute atomic E-state index is 13.0. The SMILES string of the molecule is CCOC(=O)C(C)(C)C(=O)c1ccc(Br)cc1C(F)(F)F. The summed E-state index contributed by atoms with van der Waals surface area (Å²) in [5, 5.41) is 0. The van der Waals surface area contributed by atoms with Gasteiger partial charge >= 0.3 is 12.1 Å². The predicted octanol–water partition coefficient (Wildman–Crippen LogP) is 4.24. The first kappa shape index (κ1) is 17.7. The lowest BCUT2D eigenvalue weighted by Gasteiger charge is -2.23. The van der Waals surface area contributed by atoms with Crippen LogP contribution in [0.5, 0.6) is 0 Å². The van der Waals surface area contributed by atoms with E-state index in [0.717, 1.165) is 12.1 Å². The van der Waals surface area contributed by atoms with Gasteiger partial charge in [0.2, 0.25) is 0 Å². The van der Waals surface area contributed by atoms with Gasteiger partial charge in [-0.1, -0.05) is 15.9 Å². The number of halogens is 4. The zero-order chi connectivity index (χ0) is 16.4. The summed E-state index contributed by atoms with van der Waals surface area (Å²) in [5.41, 5.74) is -3.33. The Kier molecular flexibility index (Phi) is 5.20. The molecule has 0 unspecified atom stereocenters. The molecule has 0 aliphatic carbocycles. The topological polar surface area (TPSA) is 43.4 Å². The Balaban J connectivity index is 3.34. The number of alkyl halides is 3. The number of ether oxygens (including phenoxy) is 1. The molecule has 0 aliphatic rings. The van der Waals surface area contributed by atoms with E-state index in [1.165, 1.54) is 19.9 Å². The third-order valence-electron chi connectivity index (χ3n) is 2.89. The van der Waals surface area contributed by atoms with Crippen molar-refractivity contribution in [2.45, 2.75) is 26.9 Å². The fraction of sp³-hybridized carbons (Fsp3) is 0.429. The van der Waals surface area contributed by atoms with Crippen molar-refractivity contribution in [3.8, 4) is 0 Å². The molecule has 7 heteroatoms. The molecule has 0 saturated carbocycles. The Hall–Kier alpha value is -1.37. The Bertz CT molecular complexity index is 565. The minimum Gasteiger partial charge on any atom is -0.465 e. The molecule has 0 heterocycles. The third kappa shape index (κ3) is 3.84. The first-order chi connectivity index (χ1) is 9.51. The monoisotopic (exact) mass is 366 g/mol. The molecule has 21 heavy (non-hydrogen) atoms. The minimum absolute atomic E-state index is 0.0437. The van der Waals surface area contributed by atoms with Crippen LogP contribution in [0, 0.1) is 5.41 Å². The molecular weight excluding hydrogens is 353 g/mol. The Morgan fingerprint density at radius 2 is 1.81 bits per heavy atom. The summed E-state index contributed by atoms with van der Waals surface area (Å²) in [4.78, 5) is 24.1. The fourth-order valence-electron chi connectivity index (χ4n) is 1.69.